The molecule has 1 aliphatic rings. The summed E-state index contributed by atoms with van der Waals surface area (Å²) in [6.45, 7) is 1.78. The third-order valence-electron chi connectivity index (χ3n) is 5.10. The maximum absolute atomic E-state index is 12.5. The van der Waals surface area contributed by atoms with E-state index >= 15 is 0 Å². The topological polar surface area (TPSA) is 84.2 Å². The molecular weight excluding hydrogens is 366 g/mol. The largest absolute Gasteiger partial charge is 0.339 e. The van der Waals surface area contributed by atoms with E-state index in [1.807, 2.05) is 54.6 Å². The molecule has 0 spiro atoms. The molecule has 4 aromatic rings. The second-order valence-electron chi connectivity index (χ2n) is 7.16. The normalized spacial score (nSPS) is 14.6. The third kappa shape index (κ3) is 3.60. The minimum atomic E-state index is -0.0265. The van der Waals surface area contributed by atoms with Gasteiger partial charge in [-0.15, -0.1) is 0 Å². The average Bonchev–Trinajstić information content (AvgIpc) is 3.21. The molecular formula is C22H19N5O2. The number of nitrogens with zero attached hydrogens (tertiary/aromatic N) is 4. The van der Waals surface area contributed by atoms with Gasteiger partial charge in [0.1, 0.15) is 0 Å². The number of carbonyl (C=O) groups excluding carboxylic acids is 1. The van der Waals surface area contributed by atoms with Crippen LogP contribution in [0.15, 0.2) is 71.5 Å². The quantitative estimate of drug-likeness (QED) is 0.567. The predicted molar refractivity (Wildman–Crippen MR) is 109 cm³/mol. The predicted octanol–water partition coefficient (Wildman–Crippen LogP) is 3.32. The van der Waals surface area contributed by atoms with Gasteiger partial charge in [0, 0.05) is 42.1 Å². The number of hydrogen-bond donors (Lipinski definition) is 1. The number of aromatic nitrogens is 3. The van der Waals surface area contributed by atoms with Gasteiger partial charge >= 0.3 is 0 Å². The molecule has 0 aliphatic carbocycles. The van der Waals surface area contributed by atoms with E-state index in [0.29, 0.717) is 18.3 Å². The summed E-state index contributed by atoms with van der Waals surface area (Å²) in [6, 6.07) is 17.7. The monoisotopic (exact) mass is 385 g/mol. The lowest BCUT2D eigenvalue weighted by Gasteiger charge is -2.36. The van der Waals surface area contributed by atoms with Crippen molar-refractivity contribution < 1.29 is 9.32 Å². The maximum Gasteiger partial charge on any atom is 0.238 e. The third-order valence-corrected chi connectivity index (χ3v) is 5.10. The van der Waals surface area contributed by atoms with Gasteiger partial charge in [-0.3, -0.25) is 14.7 Å². The molecule has 2 aromatic heterocycles. The zero-order valence-corrected chi connectivity index (χ0v) is 15.7. The maximum atomic E-state index is 12.5. The molecule has 0 radical (unpaired) electrons. The van der Waals surface area contributed by atoms with Crippen LogP contribution in [0, 0.1) is 0 Å². The van der Waals surface area contributed by atoms with Crippen LogP contribution in [0.1, 0.15) is 11.8 Å². The van der Waals surface area contributed by atoms with Crippen molar-refractivity contribution in [2.75, 3.05) is 25.0 Å². The average molecular weight is 385 g/mol. The summed E-state index contributed by atoms with van der Waals surface area (Å²) in [5, 5.41) is 9.21. The van der Waals surface area contributed by atoms with Crippen LogP contribution in [-0.2, 0) is 4.79 Å². The van der Waals surface area contributed by atoms with Crippen LogP contribution in [0.25, 0.3) is 22.2 Å². The first-order chi connectivity index (χ1) is 14.3. The van der Waals surface area contributed by atoms with Gasteiger partial charge in [-0.2, -0.15) is 4.98 Å². The van der Waals surface area contributed by atoms with Gasteiger partial charge in [0.15, 0.2) is 0 Å². The molecule has 5 rings (SSSR count). The first-order valence-corrected chi connectivity index (χ1v) is 9.50. The Balaban J connectivity index is 1.18. The summed E-state index contributed by atoms with van der Waals surface area (Å²) in [6.07, 6.45) is 3.41. The van der Waals surface area contributed by atoms with Crippen molar-refractivity contribution in [3.05, 3.63) is 72.9 Å². The minimum Gasteiger partial charge on any atom is -0.339 e. The number of benzene rings is 2. The summed E-state index contributed by atoms with van der Waals surface area (Å²) in [5.41, 5.74) is 1.66. The summed E-state index contributed by atoms with van der Waals surface area (Å²) in [5.74, 6) is 1.27. The van der Waals surface area contributed by atoms with Gasteiger partial charge in [-0.1, -0.05) is 41.6 Å². The van der Waals surface area contributed by atoms with Crippen molar-refractivity contribution in [1.82, 2.24) is 20.0 Å². The second-order valence-corrected chi connectivity index (χ2v) is 7.16. The number of likely N-dealkylation sites (tertiary alicyclic amines) is 1. The zero-order chi connectivity index (χ0) is 19.6. The Morgan fingerprint density at radius 1 is 1.10 bits per heavy atom. The van der Waals surface area contributed by atoms with Crippen molar-refractivity contribution in [2.24, 2.45) is 0 Å². The summed E-state index contributed by atoms with van der Waals surface area (Å²) in [4.78, 5) is 23.1. The Morgan fingerprint density at radius 3 is 2.83 bits per heavy atom. The van der Waals surface area contributed by atoms with Crippen LogP contribution in [0.3, 0.4) is 0 Å². The van der Waals surface area contributed by atoms with Crippen molar-refractivity contribution >= 4 is 22.4 Å². The van der Waals surface area contributed by atoms with Gasteiger partial charge in [0.2, 0.25) is 17.6 Å². The number of carbonyl (C=O) groups is 1. The lowest BCUT2D eigenvalue weighted by atomic mass is 10.0. The number of pyridine rings is 1. The molecule has 7 heteroatoms. The highest BCUT2D eigenvalue weighted by Gasteiger charge is 2.33. The standard InChI is InChI=1S/C22H19N5O2/c28-20(24-19-9-3-6-15-5-1-2-8-18(15)19)14-27-12-17(13-27)22-25-21(26-29-22)16-7-4-10-23-11-16/h1-11,17H,12-14H2,(H,24,28). The molecule has 1 aliphatic heterocycles. The van der Waals surface area contributed by atoms with Crippen molar-refractivity contribution in [2.45, 2.75) is 5.92 Å². The Morgan fingerprint density at radius 2 is 1.97 bits per heavy atom. The molecule has 1 saturated heterocycles. The van der Waals surface area contributed by atoms with Crippen LogP contribution in [0.4, 0.5) is 5.69 Å². The van der Waals surface area contributed by atoms with E-state index in [1.165, 1.54) is 0 Å². The van der Waals surface area contributed by atoms with Crippen LogP contribution in [-0.4, -0.2) is 45.6 Å². The van der Waals surface area contributed by atoms with Gasteiger partial charge in [-0.05, 0) is 23.6 Å². The van der Waals surface area contributed by atoms with Crippen LogP contribution in [0.2, 0.25) is 0 Å². The molecule has 1 amide bonds. The van der Waals surface area contributed by atoms with Crippen molar-refractivity contribution in [3.8, 4) is 11.4 Å². The van der Waals surface area contributed by atoms with E-state index in [4.69, 9.17) is 4.52 Å². The Bertz CT molecular complexity index is 1150. The van der Waals surface area contributed by atoms with E-state index in [1.54, 1.807) is 12.4 Å². The van der Waals surface area contributed by atoms with Gasteiger partial charge in [-0.25, -0.2) is 0 Å². The molecule has 144 valence electrons. The summed E-state index contributed by atoms with van der Waals surface area (Å²) < 4.78 is 5.40. The molecule has 0 atom stereocenters. The molecule has 0 saturated carbocycles. The fourth-order valence-corrected chi connectivity index (χ4v) is 3.60. The molecule has 0 bridgehead atoms. The number of anilines is 1. The Kier molecular flexibility index (Phi) is 4.50. The van der Waals surface area contributed by atoms with E-state index in [-0.39, 0.29) is 11.8 Å². The van der Waals surface area contributed by atoms with Crippen molar-refractivity contribution in [1.29, 1.82) is 0 Å². The summed E-state index contributed by atoms with van der Waals surface area (Å²) in [7, 11) is 0. The molecule has 1 fully saturated rings. The van der Waals surface area contributed by atoms with Gasteiger partial charge in [0.05, 0.1) is 12.5 Å². The number of nitrogens with one attached hydrogen (secondary N) is 1. The first kappa shape index (κ1) is 17.5. The zero-order valence-electron chi connectivity index (χ0n) is 15.7. The highest BCUT2D eigenvalue weighted by molar-refractivity contribution is 6.02. The Labute approximate surface area is 167 Å². The number of rotatable bonds is 5. The van der Waals surface area contributed by atoms with E-state index in [0.717, 1.165) is 35.1 Å². The van der Waals surface area contributed by atoms with E-state index in [2.05, 4.69) is 25.3 Å². The first-order valence-electron chi connectivity index (χ1n) is 9.50. The van der Waals surface area contributed by atoms with E-state index in [9.17, 15) is 4.79 Å². The second kappa shape index (κ2) is 7.44. The minimum absolute atomic E-state index is 0.0265. The van der Waals surface area contributed by atoms with Crippen LogP contribution in [0.5, 0.6) is 0 Å². The fourth-order valence-electron chi connectivity index (χ4n) is 3.60. The molecule has 7 nitrogen and oxygen atoms in total. The van der Waals surface area contributed by atoms with Crippen molar-refractivity contribution in [3.63, 3.8) is 0 Å². The SMILES string of the molecule is O=C(CN1CC(c2nc(-c3cccnc3)no2)C1)Nc1cccc2ccccc12. The van der Waals surface area contributed by atoms with Gasteiger partial charge < -0.3 is 9.84 Å². The Hall–Kier alpha value is -3.58. The van der Waals surface area contributed by atoms with E-state index < -0.39 is 0 Å². The fraction of sp³-hybridized carbons (Fsp3) is 0.182. The number of fused-ring (bicyclic) bond motifs is 1. The van der Waals surface area contributed by atoms with Crippen LogP contribution >= 0.6 is 0 Å². The number of hydrogen-bond acceptors (Lipinski definition) is 6. The molecule has 3 heterocycles. The van der Waals surface area contributed by atoms with Crippen LogP contribution < -0.4 is 5.32 Å². The van der Waals surface area contributed by atoms with Gasteiger partial charge in [0.25, 0.3) is 0 Å². The molecule has 1 N–H and O–H groups in total. The number of amides is 1. The smallest absolute Gasteiger partial charge is 0.238 e. The molecule has 0 unspecified atom stereocenters. The molecule has 2 aromatic carbocycles. The molecule has 29 heavy (non-hydrogen) atoms. The lowest BCUT2D eigenvalue weighted by molar-refractivity contribution is -0.118. The lowest BCUT2D eigenvalue weighted by Crippen LogP contribution is -2.48. The summed E-state index contributed by atoms with van der Waals surface area (Å²) >= 11 is 0. The highest BCUT2D eigenvalue weighted by atomic mass is 16.5. The highest BCUT2D eigenvalue weighted by Crippen LogP contribution is 2.28.